The standard InChI is InChI=1S/C15H17NO3/c1-3-14(15(17)18-4-2)19-12-9-11-7-5-6-8-13(11)16-10-12/h5-10,14H,3-4H2,1-2H3. The number of ether oxygens (including phenoxy) is 2. The molecule has 0 aliphatic rings. The molecule has 0 saturated carbocycles. The fourth-order valence-corrected chi connectivity index (χ4v) is 1.81. The van der Waals surface area contributed by atoms with E-state index in [0.29, 0.717) is 18.8 Å². The number of hydrogen-bond donors (Lipinski definition) is 0. The number of rotatable bonds is 5. The third kappa shape index (κ3) is 3.22. The highest BCUT2D eigenvalue weighted by molar-refractivity contribution is 5.80. The van der Waals surface area contributed by atoms with E-state index < -0.39 is 6.10 Å². The van der Waals surface area contributed by atoms with E-state index in [4.69, 9.17) is 9.47 Å². The van der Waals surface area contributed by atoms with Gasteiger partial charge in [-0.2, -0.15) is 0 Å². The topological polar surface area (TPSA) is 48.4 Å². The van der Waals surface area contributed by atoms with Crippen molar-refractivity contribution >= 4 is 16.9 Å². The molecule has 4 heteroatoms. The van der Waals surface area contributed by atoms with Gasteiger partial charge in [-0.1, -0.05) is 25.1 Å². The summed E-state index contributed by atoms with van der Waals surface area (Å²) in [6.45, 7) is 4.02. The minimum absolute atomic E-state index is 0.335. The normalized spacial score (nSPS) is 12.1. The quantitative estimate of drug-likeness (QED) is 0.774. The maximum Gasteiger partial charge on any atom is 0.347 e. The molecule has 100 valence electrons. The summed E-state index contributed by atoms with van der Waals surface area (Å²) in [5.41, 5.74) is 0.902. The van der Waals surface area contributed by atoms with Crippen molar-refractivity contribution in [3.63, 3.8) is 0 Å². The first-order valence-corrected chi connectivity index (χ1v) is 6.42. The van der Waals surface area contributed by atoms with Crippen LogP contribution >= 0.6 is 0 Å². The van der Waals surface area contributed by atoms with Crippen LogP contribution in [-0.2, 0) is 9.53 Å². The van der Waals surface area contributed by atoms with Crippen molar-refractivity contribution in [1.82, 2.24) is 4.98 Å². The molecule has 4 nitrogen and oxygen atoms in total. The van der Waals surface area contributed by atoms with E-state index in [1.807, 2.05) is 37.3 Å². The molecule has 2 rings (SSSR count). The van der Waals surface area contributed by atoms with Gasteiger partial charge in [-0.3, -0.25) is 4.98 Å². The number of carbonyl (C=O) groups excluding carboxylic acids is 1. The average molecular weight is 259 g/mol. The van der Waals surface area contributed by atoms with Gasteiger partial charge in [-0.15, -0.1) is 0 Å². The molecule has 1 aromatic carbocycles. The Balaban J connectivity index is 2.17. The van der Waals surface area contributed by atoms with E-state index >= 15 is 0 Å². The fraction of sp³-hybridized carbons (Fsp3) is 0.333. The maximum atomic E-state index is 11.7. The Kier molecular flexibility index (Phi) is 4.34. The number of para-hydroxylation sites is 1. The van der Waals surface area contributed by atoms with Gasteiger partial charge in [0.15, 0.2) is 6.10 Å². The number of esters is 1. The first kappa shape index (κ1) is 13.3. The summed E-state index contributed by atoms with van der Waals surface area (Å²) < 4.78 is 10.6. The number of nitrogens with zero attached hydrogens (tertiary/aromatic N) is 1. The second-order valence-corrected chi connectivity index (χ2v) is 4.13. The Morgan fingerprint density at radius 2 is 2.11 bits per heavy atom. The van der Waals surface area contributed by atoms with Gasteiger partial charge in [0, 0.05) is 5.39 Å². The zero-order valence-corrected chi connectivity index (χ0v) is 11.1. The fourth-order valence-electron chi connectivity index (χ4n) is 1.81. The maximum absolute atomic E-state index is 11.7. The van der Waals surface area contributed by atoms with Crippen molar-refractivity contribution in [1.29, 1.82) is 0 Å². The minimum atomic E-state index is -0.581. The lowest BCUT2D eigenvalue weighted by Crippen LogP contribution is -2.28. The zero-order chi connectivity index (χ0) is 13.7. The van der Waals surface area contributed by atoms with E-state index in [1.165, 1.54) is 0 Å². The Morgan fingerprint density at radius 3 is 2.84 bits per heavy atom. The molecular formula is C15H17NO3. The highest BCUT2D eigenvalue weighted by Gasteiger charge is 2.19. The van der Waals surface area contributed by atoms with Crippen molar-refractivity contribution < 1.29 is 14.3 Å². The molecule has 19 heavy (non-hydrogen) atoms. The Hall–Kier alpha value is -2.10. The van der Waals surface area contributed by atoms with Gasteiger partial charge in [-0.05, 0) is 25.5 Å². The van der Waals surface area contributed by atoms with E-state index in [9.17, 15) is 4.79 Å². The van der Waals surface area contributed by atoms with Crippen LogP contribution in [0.2, 0.25) is 0 Å². The molecule has 1 atom stereocenters. The lowest BCUT2D eigenvalue weighted by Gasteiger charge is -2.15. The molecule has 1 aromatic heterocycles. The van der Waals surface area contributed by atoms with Crippen molar-refractivity contribution in [2.24, 2.45) is 0 Å². The molecule has 0 fully saturated rings. The van der Waals surface area contributed by atoms with Crippen LogP contribution in [0.1, 0.15) is 20.3 Å². The predicted molar refractivity (Wildman–Crippen MR) is 73.1 cm³/mol. The largest absolute Gasteiger partial charge is 0.477 e. The van der Waals surface area contributed by atoms with Gasteiger partial charge in [0.1, 0.15) is 5.75 Å². The summed E-state index contributed by atoms with van der Waals surface area (Å²) in [6.07, 6.45) is 1.61. The van der Waals surface area contributed by atoms with E-state index in [0.717, 1.165) is 10.9 Å². The van der Waals surface area contributed by atoms with Crippen LogP contribution in [0.25, 0.3) is 10.9 Å². The first-order chi connectivity index (χ1) is 9.24. The van der Waals surface area contributed by atoms with Crippen molar-refractivity contribution in [2.45, 2.75) is 26.4 Å². The molecule has 1 unspecified atom stereocenters. The predicted octanol–water partition coefficient (Wildman–Crippen LogP) is 2.96. The summed E-state index contributed by atoms with van der Waals surface area (Å²) >= 11 is 0. The number of hydrogen-bond acceptors (Lipinski definition) is 4. The SMILES string of the molecule is CCOC(=O)C(CC)Oc1cnc2ccccc2c1. The Bertz CT molecular complexity index is 568. The van der Waals surface area contributed by atoms with Crippen LogP contribution in [0.5, 0.6) is 5.75 Å². The van der Waals surface area contributed by atoms with Crippen LogP contribution in [0.15, 0.2) is 36.5 Å². The number of pyridine rings is 1. The molecule has 0 amide bonds. The molecule has 0 N–H and O–H groups in total. The summed E-state index contributed by atoms with van der Waals surface area (Å²) in [4.78, 5) is 16.0. The highest BCUT2D eigenvalue weighted by Crippen LogP contribution is 2.19. The smallest absolute Gasteiger partial charge is 0.347 e. The van der Waals surface area contributed by atoms with Gasteiger partial charge >= 0.3 is 5.97 Å². The third-order valence-electron chi connectivity index (χ3n) is 2.76. The number of fused-ring (bicyclic) bond motifs is 1. The second-order valence-electron chi connectivity index (χ2n) is 4.13. The van der Waals surface area contributed by atoms with Crippen LogP contribution in [0.4, 0.5) is 0 Å². The minimum Gasteiger partial charge on any atom is -0.477 e. The lowest BCUT2D eigenvalue weighted by atomic mass is 10.2. The lowest BCUT2D eigenvalue weighted by molar-refractivity contribution is -0.151. The summed E-state index contributed by atoms with van der Waals surface area (Å²) in [5.74, 6) is 0.247. The molecule has 0 aliphatic carbocycles. The van der Waals surface area contributed by atoms with E-state index in [2.05, 4.69) is 4.98 Å². The summed E-state index contributed by atoms with van der Waals surface area (Å²) in [5, 5.41) is 0.985. The van der Waals surface area contributed by atoms with E-state index in [1.54, 1.807) is 13.1 Å². The monoisotopic (exact) mass is 259 g/mol. The molecular weight excluding hydrogens is 242 g/mol. The average Bonchev–Trinajstić information content (AvgIpc) is 2.44. The van der Waals surface area contributed by atoms with Gasteiger partial charge in [-0.25, -0.2) is 4.79 Å². The third-order valence-corrected chi connectivity index (χ3v) is 2.76. The van der Waals surface area contributed by atoms with Crippen LogP contribution in [0.3, 0.4) is 0 Å². The molecule has 0 spiro atoms. The van der Waals surface area contributed by atoms with Crippen LogP contribution in [-0.4, -0.2) is 23.7 Å². The summed E-state index contributed by atoms with van der Waals surface area (Å²) in [7, 11) is 0. The molecule has 0 saturated heterocycles. The van der Waals surface area contributed by atoms with Crippen LogP contribution < -0.4 is 4.74 Å². The molecule has 1 heterocycles. The Morgan fingerprint density at radius 1 is 1.32 bits per heavy atom. The van der Waals surface area contributed by atoms with Crippen molar-refractivity contribution in [2.75, 3.05) is 6.61 Å². The first-order valence-electron chi connectivity index (χ1n) is 6.42. The van der Waals surface area contributed by atoms with Crippen molar-refractivity contribution in [3.05, 3.63) is 36.5 Å². The molecule has 0 bridgehead atoms. The molecule has 0 radical (unpaired) electrons. The van der Waals surface area contributed by atoms with Crippen LogP contribution in [0, 0.1) is 0 Å². The Labute approximate surface area is 112 Å². The number of benzene rings is 1. The molecule has 2 aromatic rings. The van der Waals surface area contributed by atoms with Gasteiger partial charge in [0.05, 0.1) is 18.3 Å². The molecule has 0 aliphatic heterocycles. The van der Waals surface area contributed by atoms with Gasteiger partial charge in [0.2, 0.25) is 0 Å². The van der Waals surface area contributed by atoms with E-state index in [-0.39, 0.29) is 5.97 Å². The number of carbonyl (C=O) groups is 1. The summed E-state index contributed by atoms with van der Waals surface area (Å²) in [6, 6.07) is 9.65. The number of aromatic nitrogens is 1. The van der Waals surface area contributed by atoms with Gasteiger partial charge < -0.3 is 9.47 Å². The zero-order valence-electron chi connectivity index (χ0n) is 11.1. The highest BCUT2D eigenvalue weighted by atomic mass is 16.6. The van der Waals surface area contributed by atoms with Gasteiger partial charge in [0.25, 0.3) is 0 Å². The second kappa shape index (κ2) is 6.18. The van der Waals surface area contributed by atoms with Crippen molar-refractivity contribution in [3.8, 4) is 5.75 Å².